The van der Waals surface area contributed by atoms with Crippen molar-refractivity contribution >= 4 is 17.3 Å². The minimum atomic E-state index is -4.68. The van der Waals surface area contributed by atoms with Crippen LogP contribution in [0.2, 0.25) is 0 Å². The van der Waals surface area contributed by atoms with E-state index in [9.17, 15) is 13.2 Å². The molecular formula is C30H39F3N4O. The van der Waals surface area contributed by atoms with Crippen LogP contribution in [0.3, 0.4) is 0 Å². The Kier molecular flexibility index (Phi) is 8.31. The van der Waals surface area contributed by atoms with Gasteiger partial charge in [-0.3, -0.25) is 9.80 Å². The van der Waals surface area contributed by atoms with Gasteiger partial charge in [-0.25, -0.2) is 0 Å². The average molecular weight is 529 g/mol. The fourth-order valence-corrected chi connectivity index (χ4v) is 5.87. The van der Waals surface area contributed by atoms with E-state index in [1.807, 2.05) is 6.08 Å². The van der Waals surface area contributed by atoms with E-state index in [1.165, 1.54) is 44.0 Å². The second-order valence-corrected chi connectivity index (χ2v) is 11.0. The smallest absolute Gasteiger partial charge is 0.406 e. The molecule has 0 unspecified atom stereocenters. The molecule has 2 saturated heterocycles. The number of piperidine rings is 1. The Bertz CT molecular complexity index is 1120. The number of hydrogen-bond donors (Lipinski definition) is 1. The van der Waals surface area contributed by atoms with Crippen molar-refractivity contribution in [1.82, 2.24) is 15.1 Å². The van der Waals surface area contributed by atoms with Gasteiger partial charge in [0.15, 0.2) is 0 Å². The van der Waals surface area contributed by atoms with Crippen LogP contribution in [-0.4, -0.2) is 80.6 Å². The third-order valence-corrected chi connectivity index (χ3v) is 8.14. The van der Waals surface area contributed by atoms with Crippen LogP contribution < -0.4 is 15.0 Å². The predicted octanol–water partition coefficient (Wildman–Crippen LogP) is 5.27. The third kappa shape index (κ3) is 6.90. The first-order valence-corrected chi connectivity index (χ1v) is 13.9. The lowest BCUT2D eigenvalue weighted by molar-refractivity contribution is -0.274. The number of hydrogen-bond acceptors (Lipinski definition) is 5. The zero-order chi connectivity index (χ0) is 26.7. The summed E-state index contributed by atoms with van der Waals surface area (Å²) in [6.45, 7) is 13.4. The number of rotatable bonds is 8. The van der Waals surface area contributed by atoms with Crippen LogP contribution >= 0.6 is 0 Å². The number of ether oxygens (including phenoxy) is 1. The third-order valence-electron chi connectivity index (χ3n) is 8.14. The van der Waals surface area contributed by atoms with Crippen molar-refractivity contribution in [3.8, 4) is 5.75 Å². The molecule has 0 amide bonds. The van der Waals surface area contributed by atoms with Crippen molar-refractivity contribution in [2.45, 2.75) is 51.6 Å². The van der Waals surface area contributed by atoms with Crippen molar-refractivity contribution in [3.63, 3.8) is 0 Å². The van der Waals surface area contributed by atoms with Gasteiger partial charge in [0.25, 0.3) is 0 Å². The molecular weight excluding hydrogens is 489 g/mol. The van der Waals surface area contributed by atoms with Gasteiger partial charge in [-0.2, -0.15) is 0 Å². The molecule has 0 atom stereocenters. The van der Waals surface area contributed by atoms with Gasteiger partial charge >= 0.3 is 6.36 Å². The van der Waals surface area contributed by atoms with E-state index in [-0.39, 0.29) is 5.75 Å². The first-order chi connectivity index (χ1) is 18.2. The Balaban J connectivity index is 1.10. The SMILES string of the molecule is CC(C)N1CCN(CCNC2CCN(c3cccc(C4=Cc5cc(OC(F)(F)F)ccc5C4)c3)CC2)CC1. The van der Waals surface area contributed by atoms with E-state index in [1.54, 1.807) is 6.07 Å². The first-order valence-electron chi connectivity index (χ1n) is 13.9. The number of alkyl halides is 3. The summed E-state index contributed by atoms with van der Waals surface area (Å²) in [5.74, 6) is -0.173. The molecule has 0 saturated carbocycles. The van der Waals surface area contributed by atoms with E-state index in [2.05, 4.69) is 62.9 Å². The van der Waals surface area contributed by atoms with Gasteiger partial charge in [0.2, 0.25) is 0 Å². The molecule has 2 heterocycles. The van der Waals surface area contributed by atoms with E-state index in [0.717, 1.165) is 61.3 Å². The van der Waals surface area contributed by atoms with Gasteiger partial charge in [0.1, 0.15) is 5.75 Å². The molecule has 0 bridgehead atoms. The van der Waals surface area contributed by atoms with Gasteiger partial charge in [-0.15, -0.1) is 13.2 Å². The Hall–Kier alpha value is -2.55. The summed E-state index contributed by atoms with van der Waals surface area (Å²) >= 11 is 0. The molecule has 1 N–H and O–H groups in total. The van der Waals surface area contributed by atoms with Crippen LogP contribution in [0.1, 0.15) is 43.4 Å². The Morgan fingerprint density at radius 2 is 1.74 bits per heavy atom. The number of nitrogens with one attached hydrogen (secondary N) is 1. The number of anilines is 1. The lowest BCUT2D eigenvalue weighted by atomic mass is 10.0. The molecule has 8 heteroatoms. The summed E-state index contributed by atoms with van der Waals surface area (Å²) in [4.78, 5) is 7.58. The highest BCUT2D eigenvalue weighted by Crippen LogP contribution is 2.36. The van der Waals surface area contributed by atoms with Crippen molar-refractivity contribution in [3.05, 3.63) is 59.2 Å². The fourth-order valence-electron chi connectivity index (χ4n) is 5.87. The van der Waals surface area contributed by atoms with Crippen molar-refractivity contribution in [2.75, 3.05) is 57.3 Å². The number of fused-ring (bicyclic) bond motifs is 1. The molecule has 3 aliphatic rings. The molecule has 38 heavy (non-hydrogen) atoms. The van der Waals surface area contributed by atoms with Gasteiger partial charge in [-0.1, -0.05) is 24.3 Å². The van der Waals surface area contributed by atoms with Gasteiger partial charge in [0.05, 0.1) is 0 Å². The van der Waals surface area contributed by atoms with Crippen molar-refractivity contribution < 1.29 is 17.9 Å². The lowest BCUT2D eigenvalue weighted by Gasteiger charge is -2.37. The zero-order valence-electron chi connectivity index (χ0n) is 22.4. The highest BCUT2D eigenvalue weighted by atomic mass is 19.4. The zero-order valence-corrected chi connectivity index (χ0v) is 22.4. The van der Waals surface area contributed by atoms with Crippen LogP contribution in [0.4, 0.5) is 18.9 Å². The van der Waals surface area contributed by atoms with E-state index in [0.29, 0.717) is 18.5 Å². The molecule has 206 valence electrons. The Morgan fingerprint density at radius 3 is 2.45 bits per heavy atom. The Labute approximate surface area is 224 Å². The lowest BCUT2D eigenvalue weighted by Crippen LogP contribution is -2.51. The van der Waals surface area contributed by atoms with Crippen molar-refractivity contribution in [2.24, 2.45) is 0 Å². The molecule has 0 aromatic heterocycles. The summed E-state index contributed by atoms with van der Waals surface area (Å²) < 4.78 is 41.9. The summed E-state index contributed by atoms with van der Waals surface area (Å²) in [7, 11) is 0. The monoisotopic (exact) mass is 528 g/mol. The topological polar surface area (TPSA) is 31.0 Å². The molecule has 0 spiro atoms. The molecule has 2 aromatic carbocycles. The van der Waals surface area contributed by atoms with E-state index < -0.39 is 6.36 Å². The predicted molar refractivity (Wildman–Crippen MR) is 148 cm³/mol. The number of piperazine rings is 1. The van der Waals surface area contributed by atoms with Gasteiger partial charge in [-0.05, 0) is 79.6 Å². The highest BCUT2D eigenvalue weighted by Gasteiger charge is 2.31. The second kappa shape index (κ2) is 11.7. The van der Waals surface area contributed by atoms with E-state index >= 15 is 0 Å². The maximum atomic E-state index is 12.6. The van der Waals surface area contributed by atoms with Crippen LogP contribution in [0, 0.1) is 0 Å². The molecule has 5 rings (SSSR count). The molecule has 5 nitrogen and oxygen atoms in total. The van der Waals surface area contributed by atoms with Gasteiger partial charge < -0.3 is 15.0 Å². The quantitative estimate of drug-likeness (QED) is 0.505. The van der Waals surface area contributed by atoms with E-state index in [4.69, 9.17) is 0 Å². The highest BCUT2D eigenvalue weighted by molar-refractivity contribution is 5.89. The maximum Gasteiger partial charge on any atom is 0.573 e. The number of allylic oxidation sites excluding steroid dienone is 1. The second-order valence-electron chi connectivity index (χ2n) is 11.0. The maximum absolute atomic E-state index is 12.6. The van der Waals surface area contributed by atoms with Crippen LogP contribution in [-0.2, 0) is 6.42 Å². The summed E-state index contributed by atoms with van der Waals surface area (Å²) in [5.41, 5.74) is 5.27. The minimum absolute atomic E-state index is 0.173. The van der Waals surface area contributed by atoms with Crippen molar-refractivity contribution in [1.29, 1.82) is 0 Å². The number of benzene rings is 2. The average Bonchev–Trinajstić information content (AvgIpc) is 3.32. The molecule has 2 fully saturated rings. The minimum Gasteiger partial charge on any atom is -0.406 e. The first kappa shape index (κ1) is 27.0. The number of nitrogens with zero attached hydrogens (tertiary/aromatic N) is 3. The normalized spacial score (nSPS) is 19.6. The summed E-state index contributed by atoms with van der Waals surface area (Å²) in [5, 5.41) is 3.79. The fraction of sp³-hybridized carbons (Fsp3) is 0.533. The number of halogens is 3. The molecule has 1 aliphatic carbocycles. The van der Waals surface area contributed by atoms with Gasteiger partial charge in [0, 0.05) is 70.1 Å². The summed E-state index contributed by atoms with van der Waals surface area (Å²) in [6.07, 6.45) is 0.267. The largest absolute Gasteiger partial charge is 0.573 e. The van der Waals surface area contributed by atoms with Crippen LogP contribution in [0.15, 0.2) is 42.5 Å². The van der Waals surface area contributed by atoms with Crippen LogP contribution in [0.25, 0.3) is 11.6 Å². The molecule has 2 aromatic rings. The molecule has 0 radical (unpaired) electrons. The standard InChI is InChI=1S/C30H39F3N4O/c1-22(2)36-16-14-35(15-17-36)13-10-34-27-8-11-37(12-9-27)28-5-3-4-23(20-28)25-18-24-6-7-29(21-26(24)19-25)38-30(31,32)33/h3-7,19-22,27,34H,8-18H2,1-2H3. The molecule has 2 aliphatic heterocycles. The summed E-state index contributed by atoms with van der Waals surface area (Å²) in [6, 6.07) is 14.3. The Morgan fingerprint density at radius 1 is 0.974 bits per heavy atom. The van der Waals surface area contributed by atoms with Crippen LogP contribution in [0.5, 0.6) is 5.75 Å².